The van der Waals surface area contributed by atoms with Crippen LogP contribution < -0.4 is 0 Å². The third-order valence-corrected chi connectivity index (χ3v) is 10.5. The van der Waals surface area contributed by atoms with Gasteiger partial charge in [0.2, 0.25) is 0 Å². The zero-order chi connectivity index (χ0) is 35.6. The second-order valence-corrected chi connectivity index (χ2v) is 13.7. The summed E-state index contributed by atoms with van der Waals surface area (Å²) in [4.78, 5) is 24.8. The van der Waals surface area contributed by atoms with E-state index in [0.717, 1.165) is 110 Å². The van der Waals surface area contributed by atoms with Crippen LogP contribution in [0.3, 0.4) is 0 Å². The summed E-state index contributed by atoms with van der Waals surface area (Å²) in [5.41, 5.74) is 12.9. The minimum atomic E-state index is 0.914. The van der Waals surface area contributed by atoms with E-state index in [9.17, 15) is 0 Å². The van der Waals surface area contributed by atoms with Crippen LogP contribution in [-0.2, 0) is 0 Å². The molecule has 54 heavy (non-hydrogen) atoms. The van der Waals surface area contributed by atoms with Crippen LogP contribution in [0.4, 0.5) is 0 Å². The first kappa shape index (κ1) is 30.3. The molecular weight excluding hydrogens is 659 g/mol. The summed E-state index contributed by atoms with van der Waals surface area (Å²) in [5, 5.41) is 7.73. The van der Waals surface area contributed by atoms with Crippen LogP contribution in [0.2, 0.25) is 0 Å². The molecule has 0 atom stereocenters. The van der Waals surface area contributed by atoms with Crippen molar-refractivity contribution in [2.45, 2.75) is 0 Å². The van der Waals surface area contributed by atoms with E-state index in [1.165, 1.54) is 0 Å². The van der Waals surface area contributed by atoms with E-state index in [1.54, 1.807) is 0 Å². The van der Waals surface area contributed by atoms with Gasteiger partial charge in [0, 0.05) is 56.0 Å². The van der Waals surface area contributed by atoms with Gasteiger partial charge in [-0.15, -0.1) is 0 Å². The maximum absolute atomic E-state index is 5.19. The molecule has 5 nitrogen and oxygen atoms in total. The standard InChI is InChI=1S/C49H29N5/c1-2-10-38-37(9-1)39(20-21-40(38)44-24-17-33-14-13-32-8-5-27-51-48(32)49(33)54-44)43-25-19-36-28-34(18-22-42(36)52-43)35-15-12-30-16-23-45(53-46(30)29-35)41-11-3-6-31-7-4-26-50-47(31)41/h1-29H. The number of benzene rings is 6. The number of aromatic nitrogens is 5. The molecule has 0 saturated carbocycles. The molecule has 0 amide bonds. The van der Waals surface area contributed by atoms with Crippen LogP contribution in [0.5, 0.6) is 0 Å². The lowest BCUT2D eigenvalue weighted by Gasteiger charge is -2.13. The fourth-order valence-corrected chi connectivity index (χ4v) is 7.83. The van der Waals surface area contributed by atoms with E-state index >= 15 is 0 Å². The molecule has 11 aromatic rings. The Morgan fingerprint density at radius 1 is 0.296 bits per heavy atom. The average Bonchev–Trinajstić information content (AvgIpc) is 3.25. The van der Waals surface area contributed by atoms with Crippen molar-refractivity contribution < 1.29 is 0 Å². The van der Waals surface area contributed by atoms with Gasteiger partial charge >= 0.3 is 0 Å². The molecule has 0 bridgehead atoms. The van der Waals surface area contributed by atoms with Gasteiger partial charge in [-0.05, 0) is 70.4 Å². The molecule has 0 aliphatic rings. The molecule has 0 saturated heterocycles. The number of hydrogen-bond donors (Lipinski definition) is 0. The van der Waals surface area contributed by atoms with Crippen molar-refractivity contribution in [3.8, 4) is 44.9 Å². The third-order valence-electron chi connectivity index (χ3n) is 10.5. The third kappa shape index (κ3) is 4.98. The number of fused-ring (bicyclic) bond motifs is 7. The maximum Gasteiger partial charge on any atom is 0.0972 e. The molecule has 0 fully saturated rings. The fourth-order valence-electron chi connectivity index (χ4n) is 7.83. The smallest absolute Gasteiger partial charge is 0.0972 e. The number of hydrogen-bond acceptors (Lipinski definition) is 5. The predicted molar refractivity (Wildman–Crippen MR) is 222 cm³/mol. The minimum Gasteiger partial charge on any atom is -0.256 e. The lowest BCUT2D eigenvalue weighted by molar-refractivity contribution is 1.37. The highest BCUT2D eigenvalue weighted by Crippen LogP contribution is 2.37. The first-order valence-electron chi connectivity index (χ1n) is 18.1. The van der Waals surface area contributed by atoms with Gasteiger partial charge in [0.05, 0.1) is 44.7 Å². The lowest BCUT2D eigenvalue weighted by atomic mass is 9.95. The molecule has 0 aliphatic carbocycles. The molecule has 6 aromatic carbocycles. The van der Waals surface area contributed by atoms with Gasteiger partial charge in [0.1, 0.15) is 0 Å². The van der Waals surface area contributed by atoms with Crippen LogP contribution in [0, 0.1) is 0 Å². The SMILES string of the molecule is c1cnc2c(-c3ccc4ccc(-c5ccc6nc(-c7ccc(-c8ccc9ccc%10cccnc%10c9n8)c8ccccc78)ccc6c5)cc4n3)cccc2c1. The topological polar surface area (TPSA) is 64.5 Å². The first-order chi connectivity index (χ1) is 26.7. The Morgan fingerprint density at radius 3 is 1.65 bits per heavy atom. The van der Waals surface area contributed by atoms with E-state index in [-0.39, 0.29) is 0 Å². The summed E-state index contributed by atoms with van der Waals surface area (Å²) in [7, 11) is 0. The quantitative estimate of drug-likeness (QED) is 0.172. The summed E-state index contributed by atoms with van der Waals surface area (Å²) < 4.78 is 0. The molecule has 250 valence electrons. The minimum absolute atomic E-state index is 0.914. The van der Waals surface area contributed by atoms with Crippen LogP contribution in [-0.4, -0.2) is 24.9 Å². The van der Waals surface area contributed by atoms with Crippen molar-refractivity contribution in [1.82, 2.24) is 24.9 Å². The van der Waals surface area contributed by atoms with Crippen LogP contribution in [0.15, 0.2) is 176 Å². The van der Waals surface area contributed by atoms with Gasteiger partial charge < -0.3 is 0 Å². The summed E-state index contributed by atoms with van der Waals surface area (Å²) >= 11 is 0. The Bertz CT molecular complexity index is 3290. The molecule has 0 spiro atoms. The fraction of sp³-hybridized carbons (Fsp3) is 0. The molecule has 0 radical (unpaired) electrons. The highest BCUT2D eigenvalue weighted by molar-refractivity contribution is 6.07. The van der Waals surface area contributed by atoms with Crippen molar-refractivity contribution >= 4 is 65.3 Å². The van der Waals surface area contributed by atoms with Crippen LogP contribution in [0.1, 0.15) is 0 Å². The zero-order valence-electron chi connectivity index (χ0n) is 29.0. The van der Waals surface area contributed by atoms with E-state index in [1.807, 2.05) is 24.5 Å². The Morgan fingerprint density at radius 2 is 0.852 bits per heavy atom. The van der Waals surface area contributed by atoms with E-state index < -0.39 is 0 Å². The van der Waals surface area contributed by atoms with Crippen molar-refractivity contribution in [3.05, 3.63) is 176 Å². The predicted octanol–water partition coefficient (Wildman–Crippen LogP) is 12.2. The summed E-state index contributed by atoms with van der Waals surface area (Å²) in [5.74, 6) is 0. The number of pyridine rings is 5. The number of para-hydroxylation sites is 1. The molecule has 5 heteroatoms. The molecule has 11 rings (SSSR count). The maximum atomic E-state index is 5.19. The van der Waals surface area contributed by atoms with Gasteiger partial charge in [-0.2, -0.15) is 0 Å². The molecule has 5 heterocycles. The van der Waals surface area contributed by atoms with Crippen molar-refractivity contribution in [2.24, 2.45) is 0 Å². The molecule has 0 N–H and O–H groups in total. The van der Waals surface area contributed by atoms with Gasteiger partial charge in [0.25, 0.3) is 0 Å². The van der Waals surface area contributed by atoms with Crippen LogP contribution >= 0.6 is 0 Å². The molecular formula is C49H29N5. The highest BCUT2D eigenvalue weighted by Gasteiger charge is 2.14. The van der Waals surface area contributed by atoms with Gasteiger partial charge in [0.15, 0.2) is 0 Å². The largest absolute Gasteiger partial charge is 0.256 e. The second-order valence-electron chi connectivity index (χ2n) is 13.7. The van der Waals surface area contributed by atoms with Gasteiger partial charge in [-0.3, -0.25) is 9.97 Å². The normalized spacial score (nSPS) is 11.7. The Kier molecular flexibility index (Phi) is 6.79. The average molecular weight is 688 g/mol. The zero-order valence-corrected chi connectivity index (χ0v) is 29.0. The summed E-state index contributed by atoms with van der Waals surface area (Å²) in [6.07, 6.45) is 3.67. The highest BCUT2D eigenvalue weighted by atomic mass is 14.8. The van der Waals surface area contributed by atoms with E-state index in [0.29, 0.717) is 0 Å². The lowest BCUT2D eigenvalue weighted by Crippen LogP contribution is -1.92. The van der Waals surface area contributed by atoms with Crippen LogP contribution in [0.25, 0.3) is 110 Å². The summed E-state index contributed by atoms with van der Waals surface area (Å²) in [6.45, 7) is 0. The van der Waals surface area contributed by atoms with Crippen molar-refractivity contribution in [2.75, 3.05) is 0 Å². The Balaban J connectivity index is 0.954. The molecule has 0 unspecified atom stereocenters. The monoisotopic (exact) mass is 687 g/mol. The van der Waals surface area contributed by atoms with Crippen molar-refractivity contribution in [3.63, 3.8) is 0 Å². The number of rotatable bonds is 4. The van der Waals surface area contributed by atoms with E-state index in [2.05, 4.69) is 162 Å². The summed E-state index contributed by atoms with van der Waals surface area (Å²) in [6, 6.07) is 57.2. The van der Waals surface area contributed by atoms with E-state index in [4.69, 9.17) is 15.0 Å². The molecule has 0 aliphatic heterocycles. The second kappa shape index (κ2) is 12.1. The molecule has 5 aromatic heterocycles. The first-order valence-corrected chi connectivity index (χ1v) is 18.1. The number of nitrogens with zero attached hydrogens (tertiary/aromatic N) is 5. The van der Waals surface area contributed by atoms with Gasteiger partial charge in [-0.25, -0.2) is 15.0 Å². The Labute approximate surface area is 310 Å². The van der Waals surface area contributed by atoms with Gasteiger partial charge in [-0.1, -0.05) is 115 Å². The Hall–Kier alpha value is -7.37. The van der Waals surface area contributed by atoms with Crippen molar-refractivity contribution in [1.29, 1.82) is 0 Å².